The Balaban J connectivity index is 5.11. The largest absolute Gasteiger partial charge is 0.472 e. The summed E-state index contributed by atoms with van der Waals surface area (Å²) in [5, 5.41) is 10.6. The molecule has 5 atom stereocenters. The third-order valence-corrected chi connectivity index (χ3v) is 21.1. The van der Waals surface area contributed by atoms with Crippen molar-refractivity contribution < 1.29 is 80.2 Å². The van der Waals surface area contributed by atoms with Crippen molar-refractivity contribution in [2.75, 3.05) is 39.6 Å². The molecule has 0 radical (unpaired) electrons. The molecule has 0 fully saturated rings. The molecule has 0 aromatic rings. The first-order valence-electron chi connectivity index (χ1n) is 42.5. The fraction of sp³-hybridized carbons (Fsp3) is 0.951. The van der Waals surface area contributed by atoms with Gasteiger partial charge in [-0.3, -0.25) is 37.3 Å². The highest BCUT2D eigenvalue weighted by Gasteiger charge is 2.30. The average Bonchev–Trinajstić information content (AvgIpc) is 0.934. The second kappa shape index (κ2) is 73.6. The minimum absolute atomic E-state index is 0.106. The summed E-state index contributed by atoms with van der Waals surface area (Å²) in [6.45, 7) is 9.59. The minimum atomic E-state index is -4.96. The molecule has 3 N–H and O–H groups in total. The standard InChI is InChI=1S/C82H160O17P2/c1-7-9-11-13-14-15-16-17-18-19-20-21-25-28-31-37-42-47-53-59-65-80(85)93-71-78(99-82(87)67-60-54-48-43-38-32-29-26-23-22-24-27-30-35-40-45-51-56-62-74(3)4)73-97-101(90,91)95-69-76(83)68-94-100(88,89)96-72-77(70-92-79(84)64-58-50-12-10-8-2)98-81(86)66-61-55-49-44-39-34-33-36-41-46-52-57-63-75(5)6/h74-78,83H,7-73H2,1-6H3,(H,88,89)(H,90,91)/t76-,77+,78+/m0/s1. The Morgan fingerprint density at radius 2 is 0.455 bits per heavy atom. The Hall–Kier alpha value is -1.94. The van der Waals surface area contributed by atoms with Gasteiger partial charge in [0.05, 0.1) is 26.4 Å². The Bertz CT molecular complexity index is 1940. The molecule has 101 heavy (non-hydrogen) atoms. The topological polar surface area (TPSA) is 237 Å². The lowest BCUT2D eigenvalue weighted by atomic mass is 10.0. The van der Waals surface area contributed by atoms with E-state index >= 15 is 0 Å². The number of carbonyl (C=O) groups is 4. The normalized spacial score (nSPS) is 13.9. The first-order valence-corrected chi connectivity index (χ1v) is 45.5. The molecule has 600 valence electrons. The highest BCUT2D eigenvalue weighted by atomic mass is 31.2. The molecule has 0 aliphatic heterocycles. The monoisotopic (exact) mass is 1480 g/mol. The number of esters is 4. The van der Waals surface area contributed by atoms with E-state index in [-0.39, 0.29) is 25.7 Å². The van der Waals surface area contributed by atoms with Crippen molar-refractivity contribution in [2.24, 2.45) is 11.8 Å². The van der Waals surface area contributed by atoms with Gasteiger partial charge in [0.2, 0.25) is 0 Å². The number of phosphoric acid groups is 2. The molecular formula is C82H160O17P2. The molecule has 0 saturated carbocycles. The number of phosphoric ester groups is 2. The number of aliphatic hydroxyl groups excluding tert-OH is 1. The highest BCUT2D eigenvalue weighted by molar-refractivity contribution is 7.47. The van der Waals surface area contributed by atoms with Crippen molar-refractivity contribution in [2.45, 2.75) is 452 Å². The van der Waals surface area contributed by atoms with Crippen molar-refractivity contribution in [3.63, 3.8) is 0 Å². The molecule has 0 spiro atoms. The van der Waals surface area contributed by atoms with E-state index < -0.39 is 97.5 Å². The smallest absolute Gasteiger partial charge is 0.462 e. The SMILES string of the molecule is CCCCCCCCCCCCCCCCCCCCCCC(=O)OC[C@H](COP(=O)(O)OC[C@@H](O)COP(=O)(O)OC[C@@H](COC(=O)CCCCCCC)OC(=O)CCCCCCCCCCCCCCC(C)C)OC(=O)CCCCCCCCCCCCCCCCCCCCC(C)C. The summed E-state index contributed by atoms with van der Waals surface area (Å²) >= 11 is 0. The quantitative estimate of drug-likeness (QED) is 0.0222. The lowest BCUT2D eigenvalue weighted by Crippen LogP contribution is -2.30. The summed E-state index contributed by atoms with van der Waals surface area (Å²) in [4.78, 5) is 72.7. The third kappa shape index (κ3) is 76.1. The maximum absolute atomic E-state index is 13.1. The fourth-order valence-electron chi connectivity index (χ4n) is 12.7. The van der Waals surface area contributed by atoms with Crippen molar-refractivity contribution in [3.8, 4) is 0 Å². The van der Waals surface area contributed by atoms with Gasteiger partial charge < -0.3 is 33.8 Å². The van der Waals surface area contributed by atoms with E-state index in [0.717, 1.165) is 108 Å². The van der Waals surface area contributed by atoms with Gasteiger partial charge in [-0.05, 0) is 37.5 Å². The molecule has 0 saturated heterocycles. The lowest BCUT2D eigenvalue weighted by molar-refractivity contribution is -0.161. The van der Waals surface area contributed by atoms with E-state index in [0.29, 0.717) is 25.7 Å². The molecule has 0 amide bonds. The predicted molar refractivity (Wildman–Crippen MR) is 414 cm³/mol. The molecule has 0 heterocycles. The Morgan fingerprint density at radius 1 is 0.267 bits per heavy atom. The first kappa shape index (κ1) is 99.1. The van der Waals surface area contributed by atoms with Crippen molar-refractivity contribution in [1.29, 1.82) is 0 Å². The first-order chi connectivity index (χ1) is 48.9. The van der Waals surface area contributed by atoms with Gasteiger partial charge in [-0.2, -0.15) is 0 Å². The minimum Gasteiger partial charge on any atom is -0.462 e. The van der Waals surface area contributed by atoms with E-state index in [1.807, 2.05) is 0 Å². The van der Waals surface area contributed by atoms with Crippen molar-refractivity contribution in [3.05, 3.63) is 0 Å². The van der Waals surface area contributed by atoms with Crippen LogP contribution in [-0.4, -0.2) is 96.7 Å². The second-order valence-corrected chi connectivity index (χ2v) is 33.4. The van der Waals surface area contributed by atoms with Gasteiger partial charge in [0, 0.05) is 25.7 Å². The lowest BCUT2D eigenvalue weighted by Gasteiger charge is -2.21. The zero-order valence-corrected chi connectivity index (χ0v) is 68.0. The van der Waals surface area contributed by atoms with Crippen LogP contribution in [0.5, 0.6) is 0 Å². The maximum Gasteiger partial charge on any atom is 0.472 e. The molecule has 0 rings (SSSR count). The number of aliphatic hydroxyl groups is 1. The molecular weight excluding hydrogens is 1320 g/mol. The second-order valence-electron chi connectivity index (χ2n) is 30.5. The van der Waals surface area contributed by atoms with Crippen LogP contribution in [0.1, 0.15) is 433 Å². The van der Waals surface area contributed by atoms with Crippen LogP contribution in [0.2, 0.25) is 0 Å². The zero-order valence-electron chi connectivity index (χ0n) is 66.2. The number of unbranched alkanes of at least 4 members (excludes halogenated alkanes) is 51. The van der Waals surface area contributed by atoms with E-state index in [2.05, 4.69) is 41.5 Å². The molecule has 0 bridgehead atoms. The fourth-order valence-corrected chi connectivity index (χ4v) is 14.3. The molecule has 0 aromatic carbocycles. The molecule has 0 aromatic heterocycles. The van der Waals surface area contributed by atoms with Crippen LogP contribution >= 0.6 is 15.6 Å². The number of carbonyl (C=O) groups excluding carboxylic acids is 4. The van der Waals surface area contributed by atoms with Crippen LogP contribution in [0.4, 0.5) is 0 Å². The van der Waals surface area contributed by atoms with Crippen molar-refractivity contribution in [1.82, 2.24) is 0 Å². The Labute approximate surface area is 619 Å². The summed E-state index contributed by atoms with van der Waals surface area (Å²) in [5.41, 5.74) is 0. The Morgan fingerprint density at radius 3 is 0.673 bits per heavy atom. The van der Waals surface area contributed by atoms with Crippen LogP contribution in [-0.2, 0) is 65.4 Å². The summed E-state index contributed by atoms with van der Waals surface area (Å²) in [6, 6.07) is 0. The van der Waals surface area contributed by atoms with Gasteiger partial charge in [-0.1, -0.05) is 382 Å². The third-order valence-electron chi connectivity index (χ3n) is 19.2. The molecule has 0 aliphatic carbocycles. The molecule has 2 unspecified atom stereocenters. The maximum atomic E-state index is 13.1. The number of ether oxygens (including phenoxy) is 4. The number of rotatable bonds is 81. The van der Waals surface area contributed by atoms with Crippen LogP contribution in [0.25, 0.3) is 0 Å². The van der Waals surface area contributed by atoms with Crippen LogP contribution in [0.3, 0.4) is 0 Å². The van der Waals surface area contributed by atoms with Crippen LogP contribution in [0.15, 0.2) is 0 Å². The zero-order chi connectivity index (χ0) is 74.2. The van der Waals surface area contributed by atoms with E-state index in [9.17, 15) is 43.2 Å². The van der Waals surface area contributed by atoms with Crippen LogP contribution in [0, 0.1) is 11.8 Å². The number of hydrogen-bond acceptors (Lipinski definition) is 15. The average molecular weight is 1480 g/mol. The van der Waals surface area contributed by atoms with Gasteiger partial charge in [-0.25, -0.2) is 9.13 Å². The van der Waals surface area contributed by atoms with Gasteiger partial charge in [0.15, 0.2) is 12.2 Å². The van der Waals surface area contributed by atoms with E-state index in [4.69, 9.17) is 37.0 Å². The Kier molecular flexibility index (Phi) is 72.2. The summed E-state index contributed by atoms with van der Waals surface area (Å²) in [7, 11) is -9.91. The predicted octanol–water partition coefficient (Wildman–Crippen LogP) is 24.7. The summed E-state index contributed by atoms with van der Waals surface area (Å²) in [5.74, 6) is -0.522. The number of hydrogen-bond donors (Lipinski definition) is 3. The molecule has 0 aliphatic rings. The van der Waals surface area contributed by atoms with Crippen LogP contribution < -0.4 is 0 Å². The highest BCUT2D eigenvalue weighted by Crippen LogP contribution is 2.45. The summed E-state index contributed by atoms with van der Waals surface area (Å²) < 4.78 is 68.5. The van der Waals surface area contributed by atoms with Gasteiger partial charge in [0.1, 0.15) is 19.3 Å². The van der Waals surface area contributed by atoms with Gasteiger partial charge >= 0.3 is 39.5 Å². The van der Waals surface area contributed by atoms with Gasteiger partial charge in [0.25, 0.3) is 0 Å². The molecule has 17 nitrogen and oxygen atoms in total. The van der Waals surface area contributed by atoms with Gasteiger partial charge in [-0.15, -0.1) is 0 Å². The van der Waals surface area contributed by atoms with Crippen molar-refractivity contribution >= 4 is 39.5 Å². The summed E-state index contributed by atoms with van der Waals surface area (Å²) in [6.07, 6.45) is 64.4. The molecule has 19 heteroatoms. The van der Waals surface area contributed by atoms with E-state index in [1.165, 1.54) is 244 Å². The van der Waals surface area contributed by atoms with E-state index in [1.54, 1.807) is 0 Å².